The molecule has 2 N–H and O–H groups in total. The van der Waals surface area contributed by atoms with Gasteiger partial charge in [-0.3, -0.25) is 14.5 Å². The number of piperazine rings is 1. The fourth-order valence-corrected chi connectivity index (χ4v) is 4.29. The van der Waals surface area contributed by atoms with E-state index in [1.165, 1.54) is 0 Å². The summed E-state index contributed by atoms with van der Waals surface area (Å²) in [6.07, 6.45) is 1.26. The van der Waals surface area contributed by atoms with Gasteiger partial charge in [-0.15, -0.1) is 0 Å². The molecule has 3 heterocycles. The molecule has 1 atom stereocenters. The average molecular weight is 472 g/mol. The summed E-state index contributed by atoms with van der Waals surface area (Å²) >= 11 is 0. The van der Waals surface area contributed by atoms with Crippen LogP contribution in [-0.2, 0) is 6.54 Å². The molecule has 0 unspecified atom stereocenters. The van der Waals surface area contributed by atoms with Crippen LogP contribution >= 0.6 is 0 Å². The Labute approximate surface area is 192 Å². The smallest absolute Gasteiger partial charge is 0.270 e. The molecule has 0 radical (unpaired) electrons. The summed E-state index contributed by atoms with van der Waals surface area (Å²) in [4.78, 5) is 38.8. The van der Waals surface area contributed by atoms with Gasteiger partial charge in [0.25, 0.3) is 17.4 Å². The number of hydrogen-bond donors (Lipinski definition) is 2. The van der Waals surface area contributed by atoms with Gasteiger partial charge >= 0.3 is 0 Å². The lowest BCUT2D eigenvalue weighted by Gasteiger charge is -2.36. The number of nitrogens with one attached hydrogen (secondary N) is 2. The molecular formula is C23H23F3N6O2. The Morgan fingerprint density at radius 2 is 1.94 bits per heavy atom. The SMILES string of the molecule is CNC(=O)c1ccc(N2CCN(Cc3ccc4nc([C@H]5CC5(F)F)c(=O)[nH]c4c3F)CC2)cn1. The molecule has 11 heteroatoms. The topological polar surface area (TPSA) is 94.2 Å². The van der Waals surface area contributed by atoms with Gasteiger partial charge in [-0.1, -0.05) is 6.07 Å². The van der Waals surface area contributed by atoms with Crippen LogP contribution in [0.25, 0.3) is 11.0 Å². The second-order valence-corrected chi connectivity index (χ2v) is 8.65. The van der Waals surface area contributed by atoms with Gasteiger partial charge in [-0.2, -0.15) is 0 Å². The van der Waals surface area contributed by atoms with Crippen LogP contribution in [0.5, 0.6) is 0 Å². The molecular weight excluding hydrogens is 449 g/mol. The van der Waals surface area contributed by atoms with Gasteiger partial charge in [0.05, 0.1) is 23.3 Å². The summed E-state index contributed by atoms with van der Waals surface area (Å²) in [5.41, 5.74) is 0.757. The molecule has 1 saturated heterocycles. The number of benzene rings is 1. The molecule has 0 spiro atoms. The number of pyridine rings is 1. The molecule has 8 nitrogen and oxygen atoms in total. The minimum absolute atomic E-state index is 0.0591. The van der Waals surface area contributed by atoms with E-state index in [4.69, 9.17) is 0 Å². The van der Waals surface area contributed by atoms with Crippen molar-refractivity contribution in [1.29, 1.82) is 0 Å². The molecule has 0 bridgehead atoms. The van der Waals surface area contributed by atoms with Crippen LogP contribution in [0, 0.1) is 5.82 Å². The fourth-order valence-electron chi connectivity index (χ4n) is 4.29. The quantitative estimate of drug-likeness (QED) is 0.592. The second-order valence-electron chi connectivity index (χ2n) is 8.65. The zero-order chi connectivity index (χ0) is 24.0. The first-order chi connectivity index (χ1) is 16.3. The van der Waals surface area contributed by atoms with Crippen molar-refractivity contribution in [1.82, 2.24) is 25.2 Å². The first kappa shape index (κ1) is 22.3. The summed E-state index contributed by atoms with van der Waals surface area (Å²) in [7, 11) is 1.55. The molecule has 1 saturated carbocycles. The maximum absolute atomic E-state index is 15.1. The van der Waals surface area contributed by atoms with Crippen molar-refractivity contribution >= 4 is 22.6 Å². The third kappa shape index (κ3) is 4.11. The lowest BCUT2D eigenvalue weighted by Crippen LogP contribution is -2.46. The third-order valence-corrected chi connectivity index (χ3v) is 6.41. The number of nitrogens with zero attached hydrogens (tertiary/aromatic N) is 4. The van der Waals surface area contributed by atoms with E-state index in [-0.39, 0.29) is 22.6 Å². The zero-order valence-corrected chi connectivity index (χ0v) is 18.4. The summed E-state index contributed by atoms with van der Waals surface area (Å²) in [5.74, 6) is -4.95. The number of alkyl halides is 2. The average Bonchev–Trinajstić information content (AvgIpc) is 3.48. The maximum atomic E-state index is 15.1. The normalized spacial score (nSPS) is 19.9. The van der Waals surface area contributed by atoms with E-state index in [0.29, 0.717) is 44.0 Å². The van der Waals surface area contributed by atoms with E-state index in [1.807, 2.05) is 6.07 Å². The van der Waals surface area contributed by atoms with Gasteiger partial charge in [-0.05, 0) is 18.2 Å². The van der Waals surface area contributed by atoms with Crippen molar-refractivity contribution in [3.8, 4) is 0 Å². The standard InChI is InChI=1S/C23H23F3N6O2/c1-27-21(33)17-5-3-14(11-28-17)32-8-6-31(7-9-32)12-13-2-4-16-20(18(13)24)30-22(34)19(29-16)15-10-23(15,25)26/h2-5,11,15H,6-10,12H2,1H3,(H,27,33)(H,30,34)/t15-/m1/s1. The highest BCUT2D eigenvalue weighted by Crippen LogP contribution is 2.54. The van der Waals surface area contributed by atoms with E-state index >= 15 is 4.39 Å². The molecule has 2 aromatic heterocycles. The van der Waals surface area contributed by atoms with E-state index in [2.05, 4.69) is 30.1 Å². The highest BCUT2D eigenvalue weighted by Gasteiger charge is 2.59. The van der Waals surface area contributed by atoms with Gasteiger partial charge in [0, 0.05) is 51.8 Å². The molecule has 3 aromatic rings. The van der Waals surface area contributed by atoms with Crippen molar-refractivity contribution in [2.45, 2.75) is 24.8 Å². The fraction of sp³-hybridized carbons (Fsp3) is 0.391. The Balaban J connectivity index is 1.26. The van der Waals surface area contributed by atoms with Crippen LogP contribution in [-0.4, -0.2) is 64.9 Å². The molecule has 34 heavy (non-hydrogen) atoms. The van der Waals surface area contributed by atoms with Gasteiger partial charge in [0.15, 0.2) is 5.82 Å². The van der Waals surface area contributed by atoms with Gasteiger partial charge in [0.1, 0.15) is 16.9 Å². The zero-order valence-electron chi connectivity index (χ0n) is 18.4. The summed E-state index contributed by atoms with van der Waals surface area (Å²) in [6, 6.07) is 6.68. The van der Waals surface area contributed by atoms with Crippen LogP contribution in [0.4, 0.5) is 18.9 Å². The molecule has 1 aliphatic heterocycles. The minimum Gasteiger partial charge on any atom is -0.368 e. The van der Waals surface area contributed by atoms with Crippen LogP contribution in [0.15, 0.2) is 35.3 Å². The lowest BCUT2D eigenvalue weighted by atomic mass is 10.1. The molecule has 1 aromatic carbocycles. The number of amides is 1. The van der Waals surface area contributed by atoms with Crippen molar-refractivity contribution < 1.29 is 18.0 Å². The number of carbonyl (C=O) groups excluding carboxylic acids is 1. The molecule has 5 rings (SSSR count). The molecule has 2 aliphatic rings. The van der Waals surface area contributed by atoms with E-state index in [0.717, 1.165) is 5.69 Å². The minimum atomic E-state index is -2.92. The largest absolute Gasteiger partial charge is 0.368 e. The number of aromatic amines is 1. The Hall–Kier alpha value is -3.47. The summed E-state index contributed by atoms with van der Waals surface area (Å²) < 4.78 is 41.9. The number of H-pyrrole nitrogens is 1. The Bertz CT molecular complexity index is 1300. The van der Waals surface area contributed by atoms with Crippen LogP contribution in [0.3, 0.4) is 0 Å². The lowest BCUT2D eigenvalue weighted by molar-refractivity contribution is 0.0958. The molecule has 178 valence electrons. The number of anilines is 1. The Kier molecular flexibility index (Phi) is 5.51. The molecule has 1 aliphatic carbocycles. The maximum Gasteiger partial charge on any atom is 0.270 e. The number of rotatable bonds is 5. The van der Waals surface area contributed by atoms with Crippen molar-refractivity contribution in [3.05, 3.63) is 63.6 Å². The number of carbonyl (C=O) groups is 1. The predicted octanol–water partition coefficient (Wildman–Crippen LogP) is 2.26. The number of fused-ring (bicyclic) bond motifs is 1. The Morgan fingerprint density at radius 1 is 1.21 bits per heavy atom. The highest BCUT2D eigenvalue weighted by molar-refractivity contribution is 5.92. The number of halogens is 3. The second kappa shape index (κ2) is 8.39. The molecule has 2 fully saturated rings. The first-order valence-corrected chi connectivity index (χ1v) is 11.0. The van der Waals surface area contributed by atoms with Gasteiger partial charge in [-0.25, -0.2) is 23.1 Å². The van der Waals surface area contributed by atoms with Crippen molar-refractivity contribution in [2.24, 2.45) is 0 Å². The Morgan fingerprint density at radius 3 is 2.56 bits per heavy atom. The van der Waals surface area contributed by atoms with Crippen LogP contribution < -0.4 is 15.8 Å². The number of aromatic nitrogens is 3. The van der Waals surface area contributed by atoms with Crippen LogP contribution in [0.2, 0.25) is 0 Å². The first-order valence-electron chi connectivity index (χ1n) is 11.0. The van der Waals surface area contributed by atoms with E-state index in [1.54, 1.807) is 31.4 Å². The third-order valence-electron chi connectivity index (χ3n) is 6.41. The van der Waals surface area contributed by atoms with Crippen LogP contribution in [0.1, 0.15) is 34.1 Å². The monoisotopic (exact) mass is 472 g/mol. The summed E-state index contributed by atoms with van der Waals surface area (Å²) in [6.45, 7) is 3.10. The van der Waals surface area contributed by atoms with E-state index in [9.17, 15) is 18.4 Å². The van der Waals surface area contributed by atoms with Crippen molar-refractivity contribution in [3.63, 3.8) is 0 Å². The summed E-state index contributed by atoms with van der Waals surface area (Å²) in [5, 5.41) is 2.54. The molecule has 1 amide bonds. The van der Waals surface area contributed by atoms with E-state index < -0.39 is 29.6 Å². The highest BCUT2D eigenvalue weighted by atomic mass is 19.3. The predicted molar refractivity (Wildman–Crippen MR) is 120 cm³/mol. The number of hydrogen-bond acceptors (Lipinski definition) is 6. The van der Waals surface area contributed by atoms with Crippen molar-refractivity contribution in [2.75, 3.05) is 38.1 Å². The van der Waals surface area contributed by atoms with Gasteiger partial charge < -0.3 is 15.2 Å². The van der Waals surface area contributed by atoms with Gasteiger partial charge in [0.2, 0.25) is 0 Å².